The Morgan fingerprint density at radius 3 is 2.12 bits per heavy atom. The summed E-state index contributed by atoms with van der Waals surface area (Å²) in [6, 6.07) is 0.480. The van der Waals surface area contributed by atoms with Crippen molar-refractivity contribution in [3.05, 3.63) is 12.2 Å². The molecule has 4 bridgehead atoms. The first-order valence-corrected chi connectivity index (χ1v) is 7.18. The van der Waals surface area contributed by atoms with E-state index in [9.17, 15) is 4.79 Å². The molecule has 0 aromatic carbocycles. The number of carbonyl (C=O) groups is 1. The van der Waals surface area contributed by atoms with Gasteiger partial charge in [-0.05, 0) is 67.8 Å². The van der Waals surface area contributed by atoms with Crippen molar-refractivity contribution in [3.63, 3.8) is 0 Å². The van der Waals surface area contributed by atoms with Crippen LogP contribution in [0.25, 0.3) is 0 Å². The van der Waals surface area contributed by atoms with Crippen LogP contribution in [-0.2, 0) is 4.79 Å². The average molecular weight is 231 g/mol. The Morgan fingerprint density at radius 2 is 1.65 bits per heavy atom. The van der Waals surface area contributed by atoms with Crippen molar-refractivity contribution in [2.45, 2.75) is 44.6 Å². The van der Waals surface area contributed by atoms with Crippen LogP contribution < -0.4 is 5.32 Å². The smallest absolute Gasteiger partial charge is 0.169 e. The molecular weight excluding hydrogens is 210 g/mol. The van der Waals surface area contributed by atoms with Gasteiger partial charge in [-0.15, -0.1) is 0 Å². The molecule has 4 saturated carbocycles. The first-order chi connectivity index (χ1) is 8.23. The van der Waals surface area contributed by atoms with Gasteiger partial charge < -0.3 is 5.32 Å². The molecule has 0 aromatic rings. The number of rotatable bonds is 1. The largest absolute Gasteiger partial charge is 0.303 e. The molecule has 1 heterocycles. The van der Waals surface area contributed by atoms with Gasteiger partial charge in [0.25, 0.3) is 0 Å². The fraction of sp³-hybridized carbons (Fsp3) is 0.800. The van der Waals surface area contributed by atoms with Crippen LogP contribution in [0, 0.1) is 23.2 Å². The lowest BCUT2D eigenvalue weighted by molar-refractivity contribution is -0.115. The van der Waals surface area contributed by atoms with E-state index in [1.54, 1.807) is 0 Å². The molecule has 17 heavy (non-hydrogen) atoms. The Labute approximate surface area is 103 Å². The minimum atomic E-state index is 0.242. The van der Waals surface area contributed by atoms with Crippen LogP contribution in [0.4, 0.5) is 0 Å². The lowest BCUT2D eigenvalue weighted by atomic mass is 9.47. The summed E-state index contributed by atoms with van der Waals surface area (Å²) in [7, 11) is 0. The maximum atomic E-state index is 11.3. The van der Waals surface area contributed by atoms with Crippen molar-refractivity contribution < 1.29 is 4.79 Å². The van der Waals surface area contributed by atoms with Crippen LogP contribution in [-0.4, -0.2) is 18.4 Å². The maximum absolute atomic E-state index is 11.3. The van der Waals surface area contributed by atoms with Crippen LogP contribution in [0.5, 0.6) is 0 Å². The van der Waals surface area contributed by atoms with Crippen molar-refractivity contribution >= 4 is 5.78 Å². The zero-order chi connectivity index (χ0) is 11.5. The Balaban J connectivity index is 1.64. The summed E-state index contributed by atoms with van der Waals surface area (Å²) in [5.74, 6) is 3.23. The Hall–Kier alpha value is -0.630. The summed E-state index contributed by atoms with van der Waals surface area (Å²) in [6.07, 6.45) is 12.7. The molecule has 4 fully saturated rings. The number of ketones is 1. The molecular formula is C15H21NO. The van der Waals surface area contributed by atoms with Crippen LogP contribution in [0.1, 0.15) is 38.5 Å². The lowest BCUT2D eigenvalue weighted by Gasteiger charge is -2.59. The van der Waals surface area contributed by atoms with Gasteiger partial charge in [-0.1, -0.05) is 6.08 Å². The highest BCUT2D eigenvalue weighted by atomic mass is 16.1. The average Bonchev–Trinajstić information content (AvgIpc) is 2.27. The molecule has 0 amide bonds. The van der Waals surface area contributed by atoms with E-state index in [-0.39, 0.29) is 5.78 Å². The second-order valence-corrected chi connectivity index (χ2v) is 6.96. The van der Waals surface area contributed by atoms with E-state index >= 15 is 0 Å². The maximum Gasteiger partial charge on any atom is 0.169 e. The Bertz CT molecular complexity index is 349. The second kappa shape index (κ2) is 3.44. The molecule has 5 rings (SSSR count). The van der Waals surface area contributed by atoms with E-state index in [4.69, 9.17) is 0 Å². The van der Waals surface area contributed by atoms with E-state index in [1.165, 1.54) is 38.5 Å². The normalized spacial score (nSPS) is 52.1. The summed E-state index contributed by atoms with van der Waals surface area (Å²) in [5, 5.41) is 3.49. The fourth-order valence-electron chi connectivity index (χ4n) is 5.52. The molecule has 92 valence electrons. The predicted molar refractivity (Wildman–Crippen MR) is 66.5 cm³/mol. The molecule has 0 radical (unpaired) electrons. The van der Waals surface area contributed by atoms with Gasteiger partial charge in [-0.3, -0.25) is 4.79 Å². The topological polar surface area (TPSA) is 29.1 Å². The van der Waals surface area contributed by atoms with Crippen LogP contribution >= 0.6 is 0 Å². The number of carbonyl (C=O) groups excluding carboxylic acids is 1. The molecule has 0 saturated heterocycles. The molecule has 2 nitrogen and oxygen atoms in total. The summed E-state index contributed by atoms with van der Waals surface area (Å²) in [4.78, 5) is 11.3. The predicted octanol–water partition coefficient (Wildman–Crippen LogP) is 2.30. The Kier molecular flexibility index (Phi) is 2.09. The zero-order valence-electron chi connectivity index (χ0n) is 10.3. The minimum absolute atomic E-state index is 0.242. The van der Waals surface area contributed by atoms with Crippen molar-refractivity contribution in [1.29, 1.82) is 0 Å². The molecule has 1 atom stereocenters. The van der Waals surface area contributed by atoms with E-state index < -0.39 is 0 Å². The highest BCUT2D eigenvalue weighted by Crippen LogP contribution is 2.61. The quantitative estimate of drug-likeness (QED) is 0.750. The highest BCUT2D eigenvalue weighted by Gasteiger charge is 2.53. The van der Waals surface area contributed by atoms with Crippen LogP contribution in [0.3, 0.4) is 0 Å². The number of hydrogen-bond donors (Lipinski definition) is 1. The van der Waals surface area contributed by atoms with Crippen molar-refractivity contribution in [3.8, 4) is 0 Å². The Morgan fingerprint density at radius 1 is 1.06 bits per heavy atom. The van der Waals surface area contributed by atoms with Crippen LogP contribution in [0.15, 0.2) is 12.2 Å². The molecule has 1 unspecified atom stereocenters. The molecule has 2 heteroatoms. The van der Waals surface area contributed by atoms with Crippen molar-refractivity contribution in [2.24, 2.45) is 23.2 Å². The SMILES string of the molecule is O=C1C=CC(C23CC4CC(CC(C4)C2)C3)NC1. The van der Waals surface area contributed by atoms with Gasteiger partial charge in [-0.2, -0.15) is 0 Å². The van der Waals surface area contributed by atoms with Gasteiger partial charge in [-0.25, -0.2) is 0 Å². The molecule has 0 spiro atoms. The third-order valence-electron chi connectivity index (χ3n) is 5.72. The van der Waals surface area contributed by atoms with E-state index in [0.29, 0.717) is 18.0 Å². The third-order valence-corrected chi connectivity index (χ3v) is 5.72. The van der Waals surface area contributed by atoms with E-state index in [1.807, 2.05) is 6.08 Å². The summed E-state index contributed by atoms with van der Waals surface area (Å²) in [6.45, 7) is 0.558. The third kappa shape index (κ3) is 1.53. The highest BCUT2D eigenvalue weighted by molar-refractivity contribution is 5.92. The molecule has 5 aliphatic rings. The minimum Gasteiger partial charge on any atom is -0.303 e. The molecule has 1 aliphatic heterocycles. The summed E-state index contributed by atoms with van der Waals surface area (Å²) >= 11 is 0. The van der Waals surface area contributed by atoms with Crippen molar-refractivity contribution in [1.82, 2.24) is 5.32 Å². The van der Waals surface area contributed by atoms with Crippen molar-refractivity contribution in [2.75, 3.05) is 6.54 Å². The van der Waals surface area contributed by atoms with Gasteiger partial charge in [0.1, 0.15) is 0 Å². The standard InChI is InChI=1S/C15H21NO/c17-13-1-2-14(16-9-13)15-6-10-3-11(7-15)5-12(4-10)8-15/h1-2,10-12,14,16H,3-9H2. The van der Waals surface area contributed by atoms with Crippen LogP contribution in [0.2, 0.25) is 0 Å². The van der Waals surface area contributed by atoms with E-state index in [2.05, 4.69) is 11.4 Å². The summed E-state index contributed by atoms with van der Waals surface area (Å²) in [5.41, 5.74) is 0.506. The summed E-state index contributed by atoms with van der Waals surface area (Å²) < 4.78 is 0. The first kappa shape index (κ1) is 10.3. The molecule has 4 aliphatic carbocycles. The zero-order valence-corrected chi connectivity index (χ0v) is 10.3. The van der Waals surface area contributed by atoms with E-state index in [0.717, 1.165) is 17.8 Å². The van der Waals surface area contributed by atoms with Gasteiger partial charge in [0.05, 0.1) is 6.54 Å². The lowest BCUT2D eigenvalue weighted by Crippen LogP contribution is -2.56. The molecule has 1 N–H and O–H groups in total. The molecule has 0 aromatic heterocycles. The van der Waals surface area contributed by atoms with Gasteiger partial charge >= 0.3 is 0 Å². The fourth-order valence-corrected chi connectivity index (χ4v) is 5.52. The number of nitrogens with one attached hydrogen (secondary N) is 1. The monoisotopic (exact) mass is 231 g/mol. The number of hydrogen-bond acceptors (Lipinski definition) is 2. The van der Waals surface area contributed by atoms with Gasteiger partial charge in [0.15, 0.2) is 5.78 Å². The first-order valence-electron chi connectivity index (χ1n) is 7.18. The van der Waals surface area contributed by atoms with Gasteiger partial charge in [0.2, 0.25) is 0 Å². The second-order valence-electron chi connectivity index (χ2n) is 6.96. The van der Waals surface area contributed by atoms with Gasteiger partial charge in [0, 0.05) is 6.04 Å².